The number of aryl methyl sites for hydroxylation is 1. The van der Waals surface area contributed by atoms with Crippen molar-refractivity contribution < 1.29 is 4.74 Å². The van der Waals surface area contributed by atoms with Crippen LogP contribution in [-0.4, -0.2) is 6.61 Å². The highest BCUT2D eigenvalue weighted by molar-refractivity contribution is 5.38. The zero-order valence-electron chi connectivity index (χ0n) is 12.4. The molecule has 102 valence electrons. The highest BCUT2D eigenvalue weighted by atomic mass is 16.5. The SMILES string of the molecule is Cc1ccc([C@@H](C)N)c(OCCCC(C)(C)C)c1. The van der Waals surface area contributed by atoms with Gasteiger partial charge in [0.1, 0.15) is 5.75 Å². The average molecular weight is 249 g/mol. The Hall–Kier alpha value is -1.02. The standard InChI is InChI=1S/C16H27NO/c1-12-7-8-14(13(2)17)15(11-12)18-10-6-9-16(3,4)5/h7-8,11,13H,6,9-10,17H2,1-5H3/t13-/m1/s1. The van der Waals surface area contributed by atoms with Gasteiger partial charge in [0, 0.05) is 11.6 Å². The summed E-state index contributed by atoms with van der Waals surface area (Å²) in [6.45, 7) is 11.6. The van der Waals surface area contributed by atoms with Crippen LogP contribution in [0, 0.1) is 12.3 Å². The Bertz CT molecular complexity index is 377. The van der Waals surface area contributed by atoms with Crippen LogP contribution in [0.1, 0.15) is 57.7 Å². The van der Waals surface area contributed by atoms with Gasteiger partial charge < -0.3 is 10.5 Å². The van der Waals surface area contributed by atoms with Gasteiger partial charge in [-0.05, 0) is 43.7 Å². The predicted octanol–water partition coefficient (Wildman–Crippen LogP) is 4.22. The van der Waals surface area contributed by atoms with Gasteiger partial charge in [0.15, 0.2) is 0 Å². The van der Waals surface area contributed by atoms with Gasteiger partial charge in [-0.3, -0.25) is 0 Å². The topological polar surface area (TPSA) is 35.2 Å². The molecule has 0 aliphatic carbocycles. The fourth-order valence-electron chi connectivity index (χ4n) is 1.93. The van der Waals surface area contributed by atoms with Crippen molar-refractivity contribution in [1.29, 1.82) is 0 Å². The molecule has 1 aromatic carbocycles. The summed E-state index contributed by atoms with van der Waals surface area (Å²) >= 11 is 0. The minimum absolute atomic E-state index is 0.0169. The highest BCUT2D eigenvalue weighted by Crippen LogP contribution is 2.26. The molecule has 2 heteroatoms. The van der Waals surface area contributed by atoms with Crippen molar-refractivity contribution >= 4 is 0 Å². The lowest BCUT2D eigenvalue weighted by Crippen LogP contribution is -2.11. The number of nitrogens with two attached hydrogens (primary N) is 1. The molecule has 0 radical (unpaired) electrons. The van der Waals surface area contributed by atoms with E-state index in [1.165, 1.54) is 12.0 Å². The molecule has 0 saturated carbocycles. The molecule has 0 spiro atoms. The maximum absolute atomic E-state index is 5.96. The van der Waals surface area contributed by atoms with Crippen LogP contribution in [0.3, 0.4) is 0 Å². The van der Waals surface area contributed by atoms with Crippen LogP contribution in [-0.2, 0) is 0 Å². The fourth-order valence-corrected chi connectivity index (χ4v) is 1.93. The van der Waals surface area contributed by atoms with Crippen LogP contribution in [0.25, 0.3) is 0 Å². The van der Waals surface area contributed by atoms with Crippen molar-refractivity contribution in [2.45, 2.75) is 53.5 Å². The zero-order valence-corrected chi connectivity index (χ0v) is 12.4. The Morgan fingerprint density at radius 3 is 2.50 bits per heavy atom. The molecular formula is C16H27NO. The van der Waals surface area contributed by atoms with E-state index in [2.05, 4.69) is 45.9 Å². The minimum Gasteiger partial charge on any atom is -0.493 e. The van der Waals surface area contributed by atoms with E-state index in [0.717, 1.165) is 24.3 Å². The van der Waals surface area contributed by atoms with Crippen molar-refractivity contribution in [1.82, 2.24) is 0 Å². The molecule has 0 amide bonds. The van der Waals surface area contributed by atoms with E-state index in [9.17, 15) is 0 Å². The van der Waals surface area contributed by atoms with Crippen molar-refractivity contribution in [2.24, 2.45) is 11.1 Å². The van der Waals surface area contributed by atoms with Gasteiger partial charge >= 0.3 is 0 Å². The molecule has 1 aromatic rings. The largest absolute Gasteiger partial charge is 0.493 e. The second-order valence-electron chi connectivity index (χ2n) is 6.34. The molecule has 0 fully saturated rings. The second-order valence-corrected chi connectivity index (χ2v) is 6.34. The average Bonchev–Trinajstić information content (AvgIpc) is 2.22. The normalized spacial score (nSPS) is 13.4. The van der Waals surface area contributed by atoms with Gasteiger partial charge in [0.25, 0.3) is 0 Å². The van der Waals surface area contributed by atoms with E-state index in [4.69, 9.17) is 10.5 Å². The number of hydrogen-bond donors (Lipinski definition) is 1. The molecule has 0 aromatic heterocycles. The van der Waals surface area contributed by atoms with Crippen molar-refractivity contribution in [3.8, 4) is 5.75 Å². The lowest BCUT2D eigenvalue weighted by atomic mass is 9.91. The lowest BCUT2D eigenvalue weighted by molar-refractivity contribution is 0.266. The minimum atomic E-state index is 0.0169. The quantitative estimate of drug-likeness (QED) is 0.793. The number of rotatable bonds is 5. The van der Waals surface area contributed by atoms with E-state index >= 15 is 0 Å². The molecule has 18 heavy (non-hydrogen) atoms. The number of benzene rings is 1. The lowest BCUT2D eigenvalue weighted by Gasteiger charge is -2.19. The summed E-state index contributed by atoms with van der Waals surface area (Å²) in [5.74, 6) is 0.943. The molecule has 2 nitrogen and oxygen atoms in total. The van der Waals surface area contributed by atoms with Crippen molar-refractivity contribution in [2.75, 3.05) is 6.61 Å². The van der Waals surface area contributed by atoms with Gasteiger partial charge in [-0.1, -0.05) is 32.9 Å². The van der Waals surface area contributed by atoms with Gasteiger partial charge in [-0.2, -0.15) is 0 Å². The Kier molecular flexibility index (Phi) is 5.21. The van der Waals surface area contributed by atoms with E-state index in [1.54, 1.807) is 0 Å². The Morgan fingerprint density at radius 1 is 1.28 bits per heavy atom. The molecule has 0 unspecified atom stereocenters. The molecule has 0 heterocycles. The van der Waals surface area contributed by atoms with E-state index in [0.29, 0.717) is 5.41 Å². The summed E-state index contributed by atoms with van der Waals surface area (Å²) in [7, 11) is 0. The molecule has 1 rings (SSSR count). The summed E-state index contributed by atoms with van der Waals surface area (Å²) in [5, 5.41) is 0. The third-order valence-electron chi connectivity index (χ3n) is 2.99. The van der Waals surface area contributed by atoms with Crippen LogP contribution in [0.4, 0.5) is 0 Å². The summed E-state index contributed by atoms with van der Waals surface area (Å²) in [5.41, 5.74) is 8.64. The fraction of sp³-hybridized carbons (Fsp3) is 0.625. The third kappa shape index (κ3) is 5.09. The maximum atomic E-state index is 5.96. The first-order valence-electron chi connectivity index (χ1n) is 6.78. The van der Waals surface area contributed by atoms with Gasteiger partial charge in [-0.15, -0.1) is 0 Å². The van der Waals surface area contributed by atoms with Crippen molar-refractivity contribution in [3.63, 3.8) is 0 Å². The summed E-state index contributed by atoms with van der Waals surface area (Å²) < 4.78 is 5.89. The third-order valence-corrected chi connectivity index (χ3v) is 2.99. The zero-order chi connectivity index (χ0) is 13.8. The van der Waals surface area contributed by atoms with Crippen LogP contribution >= 0.6 is 0 Å². The van der Waals surface area contributed by atoms with Crippen LogP contribution in [0.5, 0.6) is 5.75 Å². The van der Waals surface area contributed by atoms with E-state index < -0.39 is 0 Å². The maximum Gasteiger partial charge on any atom is 0.124 e. The highest BCUT2D eigenvalue weighted by Gasteiger charge is 2.11. The van der Waals surface area contributed by atoms with Gasteiger partial charge in [0.05, 0.1) is 6.61 Å². The number of ether oxygens (including phenoxy) is 1. The molecule has 2 N–H and O–H groups in total. The second kappa shape index (κ2) is 6.24. The van der Waals surface area contributed by atoms with E-state index in [1.807, 2.05) is 6.92 Å². The first-order chi connectivity index (χ1) is 8.29. The number of hydrogen-bond acceptors (Lipinski definition) is 2. The van der Waals surface area contributed by atoms with Crippen LogP contribution in [0.2, 0.25) is 0 Å². The summed E-state index contributed by atoms with van der Waals surface area (Å²) in [6, 6.07) is 6.25. The first kappa shape index (κ1) is 15.0. The van der Waals surface area contributed by atoms with Gasteiger partial charge in [-0.25, -0.2) is 0 Å². The Morgan fingerprint density at radius 2 is 1.94 bits per heavy atom. The van der Waals surface area contributed by atoms with E-state index in [-0.39, 0.29) is 6.04 Å². The molecule has 0 aliphatic rings. The first-order valence-corrected chi connectivity index (χ1v) is 6.78. The monoisotopic (exact) mass is 249 g/mol. The predicted molar refractivity (Wildman–Crippen MR) is 78.0 cm³/mol. The van der Waals surface area contributed by atoms with Crippen LogP contribution < -0.4 is 10.5 Å². The Balaban J connectivity index is 2.58. The Labute approximate surface area is 112 Å². The molecule has 0 saturated heterocycles. The van der Waals surface area contributed by atoms with Gasteiger partial charge in [0.2, 0.25) is 0 Å². The summed E-state index contributed by atoms with van der Waals surface area (Å²) in [6.07, 6.45) is 2.25. The van der Waals surface area contributed by atoms with Crippen molar-refractivity contribution in [3.05, 3.63) is 29.3 Å². The smallest absolute Gasteiger partial charge is 0.124 e. The molecule has 1 atom stereocenters. The summed E-state index contributed by atoms with van der Waals surface area (Å²) in [4.78, 5) is 0. The molecular weight excluding hydrogens is 222 g/mol. The van der Waals surface area contributed by atoms with Crippen LogP contribution in [0.15, 0.2) is 18.2 Å². The molecule has 0 aliphatic heterocycles. The molecule has 0 bridgehead atoms.